The van der Waals surface area contributed by atoms with Crippen LogP contribution in [0.5, 0.6) is 0 Å². The van der Waals surface area contributed by atoms with Gasteiger partial charge in [0.15, 0.2) is 0 Å². The fourth-order valence-electron chi connectivity index (χ4n) is 2.65. The van der Waals surface area contributed by atoms with E-state index in [1.54, 1.807) is 0 Å². The minimum atomic E-state index is -0.807. The van der Waals surface area contributed by atoms with Crippen LogP contribution in [0.15, 0.2) is 30.3 Å². The highest BCUT2D eigenvalue weighted by atomic mass is 16.4. The zero-order valence-electron chi connectivity index (χ0n) is 10.9. The first-order valence-electron chi connectivity index (χ1n) is 6.64. The van der Waals surface area contributed by atoms with Gasteiger partial charge >= 0.3 is 5.97 Å². The summed E-state index contributed by atoms with van der Waals surface area (Å²) in [7, 11) is 0. The Bertz CT molecular complexity index is 398. The fourth-order valence-corrected chi connectivity index (χ4v) is 2.65. The van der Waals surface area contributed by atoms with Crippen LogP contribution >= 0.6 is 0 Å². The minimum absolute atomic E-state index is 0.604. The molecule has 2 rings (SSSR count). The molecule has 0 spiro atoms. The zero-order chi connectivity index (χ0) is 13.0. The van der Waals surface area contributed by atoms with Gasteiger partial charge in [0.1, 0.15) is 5.41 Å². The Hall–Kier alpha value is -1.35. The zero-order valence-corrected chi connectivity index (χ0v) is 10.9. The van der Waals surface area contributed by atoms with Crippen molar-refractivity contribution in [1.82, 2.24) is 4.90 Å². The van der Waals surface area contributed by atoms with Crippen LogP contribution in [0.2, 0.25) is 0 Å². The van der Waals surface area contributed by atoms with Crippen molar-refractivity contribution in [3.8, 4) is 0 Å². The maximum atomic E-state index is 11.7. The quantitative estimate of drug-likeness (QED) is 0.888. The molecule has 0 saturated carbocycles. The monoisotopic (exact) mass is 247 g/mol. The van der Waals surface area contributed by atoms with E-state index in [0.717, 1.165) is 18.7 Å². The molecule has 0 amide bonds. The summed E-state index contributed by atoms with van der Waals surface area (Å²) in [6, 6.07) is 9.57. The lowest BCUT2D eigenvalue weighted by molar-refractivity contribution is -0.144. The second-order valence-corrected chi connectivity index (χ2v) is 5.34. The molecule has 1 aliphatic heterocycles. The molecule has 1 aliphatic rings. The molecule has 1 unspecified atom stereocenters. The third-order valence-corrected chi connectivity index (χ3v) is 3.87. The summed E-state index contributed by atoms with van der Waals surface area (Å²) in [4.78, 5) is 14.0. The van der Waals surface area contributed by atoms with Crippen LogP contribution in [0, 0.1) is 0 Å². The Kier molecular flexibility index (Phi) is 4.02. The molecule has 1 saturated heterocycles. The van der Waals surface area contributed by atoms with E-state index in [9.17, 15) is 9.90 Å². The third-order valence-electron chi connectivity index (χ3n) is 3.87. The number of hydrogen-bond donors (Lipinski definition) is 1. The first-order chi connectivity index (χ1) is 8.63. The molecule has 1 atom stereocenters. The molecule has 1 N–H and O–H groups in total. The molecule has 3 nitrogen and oxygen atoms in total. The molecule has 1 aromatic carbocycles. The Labute approximate surface area is 108 Å². The number of carbonyl (C=O) groups is 1. The molecule has 0 bridgehead atoms. The lowest BCUT2D eigenvalue weighted by atomic mass is 9.81. The van der Waals surface area contributed by atoms with Crippen molar-refractivity contribution in [2.24, 2.45) is 0 Å². The second-order valence-electron chi connectivity index (χ2n) is 5.34. The molecule has 0 aliphatic carbocycles. The van der Waals surface area contributed by atoms with Crippen molar-refractivity contribution in [3.05, 3.63) is 35.9 Å². The van der Waals surface area contributed by atoms with Gasteiger partial charge in [0.25, 0.3) is 0 Å². The highest BCUT2D eigenvalue weighted by Gasteiger charge is 2.37. The molecule has 1 heterocycles. The maximum Gasteiger partial charge on any atom is 0.315 e. The van der Waals surface area contributed by atoms with Crippen molar-refractivity contribution in [2.75, 3.05) is 19.6 Å². The predicted octanol–water partition coefficient (Wildman–Crippen LogP) is 2.51. The summed E-state index contributed by atoms with van der Waals surface area (Å²) in [5, 5.41) is 9.59. The normalized spacial score (nSPS) is 20.3. The Morgan fingerprint density at radius 3 is 2.39 bits per heavy atom. The van der Waals surface area contributed by atoms with Crippen LogP contribution in [-0.4, -0.2) is 35.6 Å². The molecule has 1 fully saturated rings. The van der Waals surface area contributed by atoms with E-state index in [2.05, 4.69) is 4.90 Å². The van der Waals surface area contributed by atoms with Gasteiger partial charge in [-0.25, -0.2) is 0 Å². The van der Waals surface area contributed by atoms with Crippen molar-refractivity contribution in [1.29, 1.82) is 0 Å². The summed E-state index contributed by atoms with van der Waals surface area (Å²) < 4.78 is 0. The number of rotatable bonds is 4. The maximum absolute atomic E-state index is 11.7. The highest BCUT2D eigenvalue weighted by molar-refractivity contribution is 5.81. The lowest BCUT2D eigenvalue weighted by Crippen LogP contribution is -2.46. The summed E-state index contributed by atoms with van der Waals surface area (Å²) >= 11 is 0. The van der Waals surface area contributed by atoms with Gasteiger partial charge in [-0.3, -0.25) is 4.79 Å². The van der Waals surface area contributed by atoms with E-state index < -0.39 is 11.4 Å². The van der Waals surface area contributed by atoms with E-state index >= 15 is 0 Å². The molecule has 98 valence electrons. The van der Waals surface area contributed by atoms with Gasteiger partial charge in [0.2, 0.25) is 0 Å². The van der Waals surface area contributed by atoms with Crippen molar-refractivity contribution >= 4 is 5.97 Å². The van der Waals surface area contributed by atoms with E-state index in [1.165, 1.54) is 19.3 Å². The van der Waals surface area contributed by atoms with Gasteiger partial charge in [-0.1, -0.05) is 36.8 Å². The van der Waals surface area contributed by atoms with Crippen LogP contribution in [0.1, 0.15) is 31.7 Å². The van der Waals surface area contributed by atoms with E-state index in [0.29, 0.717) is 6.54 Å². The Balaban J connectivity index is 2.19. The third kappa shape index (κ3) is 2.72. The summed E-state index contributed by atoms with van der Waals surface area (Å²) in [5.41, 5.74) is 0.0848. The standard InChI is InChI=1S/C15H21NO2/c1-15(14(17)18,13-8-4-2-5-9-13)12-16-10-6-3-7-11-16/h2,4-5,8-9H,3,6-7,10-12H2,1H3,(H,17,18). The molecule has 1 aromatic rings. The number of carboxylic acids is 1. The van der Waals surface area contributed by atoms with Crippen LogP contribution < -0.4 is 0 Å². The van der Waals surface area contributed by atoms with Crippen molar-refractivity contribution in [3.63, 3.8) is 0 Å². The topological polar surface area (TPSA) is 40.5 Å². The SMILES string of the molecule is CC(CN1CCCCC1)(C(=O)O)c1ccccc1. The summed E-state index contributed by atoms with van der Waals surface area (Å²) in [5.74, 6) is -0.737. The Morgan fingerprint density at radius 1 is 1.22 bits per heavy atom. The molecular weight excluding hydrogens is 226 g/mol. The van der Waals surface area contributed by atoms with Crippen LogP contribution in [0.25, 0.3) is 0 Å². The number of carboxylic acid groups (broad SMARTS) is 1. The number of benzene rings is 1. The number of nitrogens with zero attached hydrogens (tertiary/aromatic N) is 1. The van der Waals surface area contributed by atoms with E-state index in [4.69, 9.17) is 0 Å². The van der Waals surface area contributed by atoms with Gasteiger partial charge in [-0.05, 0) is 38.4 Å². The fraction of sp³-hybridized carbons (Fsp3) is 0.533. The van der Waals surface area contributed by atoms with Crippen LogP contribution in [-0.2, 0) is 10.2 Å². The highest BCUT2D eigenvalue weighted by Crippen LogP contribution is 2.26. The number of hydrogen-bond acceptors (Lipinski definition) is 2. The molecule has 3 heteroatoms. The Morgan fingerprint density at radius 2 is 1.83 bits per heavy atom. The van der Waals surface area contributed by atoms with Crippen molar-refractivity contribution < 1.29 is 9.90 Å². The molecule has 0 radical (unpaired) electrons. The number of likely N-dealkylation sites (tertiary alicyclic amines) is 1. The number of aliphatic carboxylic acids is 1. The summed E-state index contributed by atoms with van der Waals surface area (Å²) in [6.45, 7) is 4.48. The van der Waals surface area contributed by atoms with Crippen LogP contribution in [0.3, 0.4) is 0 Å². The first kappa shape index (κ1) is 13.1. The molecule has 18 heavy (non-hydrogen) atoms. The average Bonchev–Trinajstić information content (AvgIpc) is 2.40. The van der Waals surface area contributed by atoms with Gasteiger partial charge in [-0.2, -0.15) is 0 Å². The smallest absolute Gasteiger partial charge is 0.315 e. The van der Waals surface area contributed by atoms with Gasteiger partial charge in [0.05, 0.1) is 0 Å². The van der Waals surface area contributed by atoms with Crippen molar-refractivity contribution in [2.45, 2.75) is 31.6 Å². The second kappa shape index (κ2) is 5.53. The number of piperidine rings is 1. The largest absolute Gasteiger partial charge is 0.481 e. The molecule has 0 aromatic heterocycles. The van der Waals surface area contributed by atoms with Crippen LogP contribution in [0.4, 0.5) is 0 Å². The predicted molar refractivity (Wildman–Crippen MR) is 71.7 cm³/mol. The van der Waals surface area contributed by atoms with E-state index in [-0.39, 0.29) is 0 Å². The van der Waals surface area contributed by atoms with Gasteiger partial charge in [-0.15, -0.1) is 0 Å². The van der Waals surface area contributed by atoms with Gasteiger partial charge in [0, 0.05) is 6.54 Å². The lowest BCUT2D eigenvalue weighted by Gasteiger charge is -2.34. The first-order valence-corrected chi connectivity index (χ1v) is 6.64. The minimum Gasteiger partial charge on any atom is -0.481 e. The molecular formula is C15H21NO2. The van der Waals surface area contributed by atoms with E-state index in [1.807, 2.05) is 37.3 Å². The van der Waals surface area contributed by atoms with Gasteiger partial charge < -0.3 is 10.0 Å². The summed E-state index contributed by atoms with van der Waals surface area (Å²) in [6.07, 6.45) is 3.64. The average molecular weight is 247 g/mol.